The second-order valence-corrected chi connectivity index (χ2v) is 7.27. The third-order valence-corrected chi connectivity index (χ3v) is 3.58. The summed E-state index contributed by atoms with van der Waals surface area (Å²) in [6.45, 7) is 5.43. The summed E-state index contributed by atoms with van der Waals surface area (Å²) in [5.74, 6) is -3.64. The molecule has 26 heavy (non-hydrogen) atoms. The minimum Gasteiger partial charge on any atom is -0.473 e. The van der Waals surface area contributed by atoms with E-state index in [-0.39, 0.29) is 23.9 Å². The Morgan fingerprint density at radius 1 is 1.08 bits per heavy atom. The van der Waals surface area contributed by atoms with Crippen molar-refractivity contribution in [1.82, 2.24) is 10.2 Å². The lowest BCUT2D eigenvalue weighted by Crippen LogP contribution is -2.53. The van der Waals surface area contributed by atoms with E-state index in [0.29, 0.717) is 6.42 Å². The molecule has 5 N–H and O–H groups in total. The van der Waals surface area contributed by atoms with Gasteiger partial charge < -0.3 is 30.9 Å². The Morgan fingerprint density at radius 3 is 1.96 bits per heavy atom. The molecule has 1 rings (SSSR count). The van der Waals surface area contributed by atoms with Crippen LogP contribution in [0.2, 0.25) is 0 Å². The van der Waals surface area contributed by atoms with Crippen LogP contribution in [-0.2, 0) is 19.1 Å². The van der Waals surface area contributed by atoms with Crippen molar-refractivity contribution < 1.29 is 34.1 Å². The van der Waals surface area contributed by atoms with Crippen LogP contribution in [0.3, 0.4) is 0 Å². The highest BCUT2D eigenvalue weighted by Crippen LogP contribution is 2.25. The summed E-state index contributed by atoms with van der Waals surface area (Å²) in [7, 11) is 3.49. The number of nitrogens with two attached hydrogens (primary N) is 1. The van der Waals surface area contributed by atoms with E-state index in [0.717, 1.165) is 12.8 Å². The molecule has 0 aliphatic heterocycles. The average Bonchev–Trinajstić information content (AvgIpc) is 2.47. The maximum Gasteiger partial charge on any atom is 0.414 e. The molecule has 3 atom stereocenters. The summed E-state index contributed by atoms with van der Waals surface area (Å²) in [5.41, 5.74) is 5.49. The van der Waals surface area contributed by atoms with Gasteiger partial charge in [-0.3, -0.25) is 4.79 Å². The Balaban J connectivity index is 0.000000896. The van der Waals surface area contributed by atoms with E-state index in [1.165, 1.54) is 0 Å². The molecule has 0 bridgehead atoms. The van der Waals surface area contributed by atoms with Gasteiger partial charge in [-0.05, 0) is 40.0 Å². The molecule has 150 valence electrons. The van der Waals surface area contributed by atoms with E-state index in [2.05, 4.69) is 5.32 Å². The lowest BCUT2D eigenvalue weighted by Gasteiger charge is -2.35. The van der Waals surface area contributed by atoms with Crippen LogP contribution in [0.4, 0.5) is 4.79 Å². The highest BCUT2D eigenvalue weighted by molar-refractivity contribution is 6.27. The molecule has 1 aliphatic carbocycles. The van der Waals surface area contributed by atoms with Gasteiger partial charge in [0.05, 0.1) is 0 Å². The van der Waals surface area contributed by atoms with Gasteiger partial charge in [0, 0.05) is 32.1 Å². The zero-order valence-corrected chi connectivity index (χ0v) is 15.8. The number of carbonyl (C=O) groups is 4. The van der Waals surface area contributed by atoms with Gasteiger partial charge in [-0.15, -0.1) is 0 Å². The molecule has 0 saturated heterocycles. The molecule has 0 spiro atoms. The Labute approximate surface area is 152 Å². The molecule has 0 aromatic carbocycles. The number of nitrogens with one attached hydrogen (secondary N) is 1. The van der Waals surface area contributed by atoms with Crippen molar-refractivity contribution in [2.24, 2.45) is 11.7 Å². The molecule has 0 aromatic rings. The van der Waals surface area contributed by atoms with Gasteiger partial charge in [-0.25, -0.2) is 14.4 Å². The van der Waals surface area contributed by atoms with Crippen molar-refractivity contribution in [2.45, 2.75) is 57.7 Å². The van der Waals surface area contributed by atoms with Crippen LogP contribution < -0.4 is 11.1 Å². The average molecular weight is 375 g/mol. The third kappa shape index (κ3) is 9.21. The first-order chi connectivity index (χ1) is 11.7. The number of nitrogens with zero attached hydrogens (tertiary/aromatic N) is 1. The zero-order valence-electron chi connectivity index (χ0n) is 15.8. The molecular formula is C16H29N3O7. The summed E-state index contributed by atoms with van der Waals surface area (Å²) >= 11 is 0. The van der Waals surface area contributed by atoms with E-state index >= 15 is 0 Å². The molecule has 1 fully saturated rings. The van der Waals surface area contributed by atoms with E-state index in [4.69, 9.17) is 30.3 Å². The predicted octanol–water partition coefficient (Wildman–Crippen LogP) is 0.251. The standard InChI is InChI=1S/C14H27N3O3.C2H2O4/c1-14(2,3)20-13(19)16-11-8-9(6-7-10(11)15)12(18)17(4)5;3-1(4)2(5)6/h9-11H,6-8,15H2,1-5H3,(H,16,19);(H,3,4)(H,5,6)/t9-,10+,11+;/m0./s1. The lowest BCUT2D eigenvalue weighted by molar-refractivity contribution is -0.159. The normalized spacial score (nSPS) is 22.3. The van der Waals surface area contributed by atoms with Crippen molar-refractivity contribution in [3.05, 3.63) is 0 Å². The minimum absolute atomic E-state index is 0.0789. The van der Waals surface area contributed by atoms with E-state index < -0.39 is 23.6 Å². The van der Waals surface area contributed by atoms with Gasteiger partial charge in [0.1, 0.15) is 5.60 Å². The van der Waals surface area contributed by atoms with E-state index in [1.807, 2.05) is 20.8 Å². The fourth-order valence-corrected chi connectivity index (χ4v) is 2.41. The van der Waals surface area contributed by atoms with E-state index in [9.17, 15) is 9.59 Å². The van der Waals surface area contributed by atoms with Crippen LogP contribution in [0, 0.1) is 5.92 Å². The van der Waals surface area contributed by atoms with E-state index in [1.54, 1.807) is 19.0 Å². The number of carboxylic acid groups (broad SMARTS) is 2. The number of ether oxygens (including phenoxy) is 1. The van der Waals surface area contributed by atoms with Crippen LogP contribution in [0.5, 0.6) is 0 Å². The summed E-state index contributed by atoms with van der Waals surface area (Å²) < 4.78 is 5.23. The number of amides is 2. The van der Waals surface area contributed by atoms with Gasteiger partial charge in [-0.2, -0.15) is 0 Å². The monoisotopic (exact) mass is 375 g/mol. The fraction of sp³-hybridized carbons (Fsp3) is 0.750. The van der Waals surface area contributed by atoms with Gasteiger partial charge in [0.2, 0.25) is 5.91 Å². The van der Waals surface area contributed by atoms with Gasteiger partial charge in [0.25, 0.3) is 0 Å². The molecule has 0 radical (unpaired) electrons. The molecule has 10 heteroatoms. The number of hydrogen-bond acceptors (Lipinski definition) is 6. The van der Waals surface area contributed by atoms with Crippen LogP contribution in [0.15, 0.2) is 0 Å². The number of carboxylic acids is 2. The smallest absolute Gasteiger partial charge is 0.414 e. The second kappa shape index (κ2) is 9.95. The zero-order chi connectivity index (χ0) is 20.7. The minimum atomic E-state index is -1.82. The summed E-state index contributed by atoms with van der Waals surface area (Å²) in [5, 5.41) is 17.6. The molecule has 2 amide bonds. The van der Waals surface area contributed by atoms with Crippen molar-refractivity contribution in [2.75, 3.05) is 14.1 Å². The maximum atomic E-state index is 12.0. The molecule has 1 aliphatic rings. The first-order valence-corrected chi connectivity index (χ1v) is 8.17. The Bertz CT molecular complexity index is 516. The van der Waals surface area contributed by atoms with Crippen molar-refractivity contribution >= 4 is 23.9 Å². The maximum absolute atomic E-state index is 12.0. The first kappa shape index (κ1) is 23.6. The summed E-state index contributed by atoms with van der Waals surface area (Å²) in [6.07, 6.45) is 1.59. The summed E-state index contributed by atoms with van der Waals surface area (Å²) in [4.78, 5) is 43.6. The number of aliphatic carboxylic acids is 2. The van der Waals surface area contributed by atoms with Crippen molar-refractivity contribution in [3.63, 3.8) is 0 Å². The molecule has 0 aromatic heterocycles. The summed E-state index contributed by atoms with van der Waals surface area (Å²) in [6, 6.07) is -0.346. The number of carbonyl (C=O) groups excluding carboxylic acids is 2. The SMILES string of the molecule is CN(C)C(=O)[C@H]1CC[C@@H](N)[C@H](NC(=O)OC(C)(C)C)C1.O=C(O)C(=O)O. The Hall–Kier alpha value is -2.36. The highest BCUT2D eigenvalue weighted by Gasteiger charge is 2.34. The molecule has 0 heterocycles. The molecule has 10 nitrogen and oxygen atoms in total. The van der Waals surface area contributed by atoms with Gasteiger partial charge in [0.15, 0.2) is 0 Å². The van der Waals surface area contributed by atoms with Crippen LogP contribution in [0.1, 0.15) is 40.0 Å². The Kier molecular flexibility index (Phi) is 9.05. The first-order valence-electron chi connectivity index (χ1n) is 8.17. The Morgan fingerprint density at radius 2 is 1.58 bits per heavy atom. The second-order valence-electron chi connectivity index (χ2n) is 7.27. The van der Waals surface area contributed by atoms with Gasteiger partial charge >= 0.3 is 18.0 Å². The number of alkyl carbamates (subject to hydrolysis) is 1. The third-order valence-electron chi connectivity index (χ3n) is 3.58. The largest absolute Gasteiger partial charge is 0.473 e. The number of rotatable bonds is 2. The van der Waals surface area contributed by atoms with Crippen molar-refractivity contribution in [3.8, 4) is 0 Å². The van der Waals surface area contributed by atoms with Crippen LogP contribution in [-0.4, -0.2) is 70.8 Å². The molecule has 1 saturated carbocycles. The number of hydrogen-bond donors (Lipinski definition) is 4. The van der Waals surface area contributed by atoms with Crippen LogP contribution >= 0.6 is 0 Å². The lowest BCUT2D eigenvalue weighted by atomic mass is 9.82. The quantitative estimate of drug-likeness (QED) is 0.500. The van der Waals surface area contributed by atoms with Gasteiger partial charge in [-0.1, -0.05) is 0 Å². The topological polar surface area (TPSA) is 159 Å². The van der Waals surface area contributed by atoms with Crippen LogP contribution in [0.25, 0.3) is 0 Å². The highest BCUT2D eigenvalue weighted by atomic mass is 16.6. The molecular weight excluding hydrogens is 346 g/mol. The predicted molar refractivity (Wildman–Crippen MR) is 92.4 cm³/mol. The van der Waals surface area contributed by atoms with Crippen molar-refractivity contribution in [1.29, 1.82) is 0 Å². The fourth-order valence-electron chi connectivity index (χ4n) is 2.41. The molecule has 0 unspecified atom stereocenters.